The number of quaternary nitrogens is 1. The maximum Gasteiger partial charge on any atom is 0.306 e. The van der Waals surface area contributed by atoms with Crippen molar-refractivity contribution in [1.29, 1.82) is 0 Å². The molecule has 0 bridgehead atoms. The van der Waals surface area contributed by atoms with Crippen LogP contribution in [0.2, 0.25) is 0 Å². The van der Waals surface area contributed by atoms with Crippen LogP contribution in [-0.2, 0) is 33.3 Å². The van der Waals surface area contributed by atoms with Crippen LogP contribution in [0.4, 0.5) is 0 Å². The summed E-state index contributed by atoms with van der Waals surface area (Å²) in [6.07, 6.45) is 77.1. The number of ether oxygens (including phenoxy) is 4. The third-order valence-electron chi connectivity index (χ3n) is 13.0. The molecule has 0 aliphatic rings. The van der Waals surface area contributed by atoms with Crippen LogP contribution in [0.1, 0.15) is 245 Å². The number of nitrogens with zero attached hydrogens (tertiary/aromatic N) is 1. The Morgan fingerprint density at radius 2 is 0.701 bits per heavy atom. The second-order valence-electron chi connectivity index (χ2n) is 21.6. The van der Waals surface area contributed by atoms with Crippen molar-refractivity contribution in [2.75, 3.05) is 47.5 Å². The summed E-state index contributed by atoms with van der Waals surface area (Å²) in [5, 5.41) is 11.8. The number of unbranched alkanes of at least 4 members (excludes halogenated alkanes) is 23. The highest BCUT2D eigenvalue weighted by atomic mass is 16.7. The highest BCUT2D eigenvalue weighted by Gasteiger charge is 2.22. The third kappa shape index (κ3) is 59.5. The minimum Gasteiger partial charge on any atom is -0.545 e. The number of hydrogen-bond donors (Lipinski definition) is 0. The number of carboxylic acids is 1. The molecule has 0 saturated carbocycles. The van der Waals surface area contributed by atoms with E-state index in [-0.39, 0.29) is 38.6 Å². The third-order valence-corrected chi connectivity index (χ3v) is 13.0. The molecule has 0 aliphatic carbocycles. The van der Waals surface area contributed by atoms with E-state index >= 15 is 0 Å². The number of carbonyl (C=O) groups excluding carboxylic acids is 3. The number of likely N-dealkylation sites (N-methyl/N-ethyl adjacent to an activating group) is 1. The summed E-state index contributed by atoms with van der Waals surface area (Å²) in [5.41, 5.74) is 0. The van der Waals surface area contributed by atoms with Crippen LogP contribution >= 0.6 is 0 Å². The number of aliphatic carboxylic acids is 1. The molecule has 0 aromatic heterocycles. The van der Waals surface area contributed by atoms with Crippen LogP contribution in [-0.4, -0.2) is 82.3 Å². The van der Waals surface area contributed by atoms with Gasteiger partial charge in [-0.05, 0) is 96.3 Å². The molecule has 77 heavy (non-hydrogen) atoms. The second kappa shape index (κ2) is 58.1. The number of rotatable bonds is 56. The van der Waals surface area contributed by atoms with Crippen molar-refractivity contribution in [1.82, 2.24) is 0 Å². The molecule has 0 heterocycles. The Bertz CT molecular complexity index is 1630. The van der Waals surface area contributed by atoms with E-state index in [1.54, 1.807) is 0 Å². The van der Waals surface area contributed by atoms with Gasteiger partial charge in [0.25, 0.3) is 0 Å². The Morgan fingerprint density at radius 3 is 1.04 bits per heavy atom. The predicted molar refractivity (Wildman–Crippen MR) is 324 cm³/mol. The molecule has 2 atom stereocenters. The highest BCUT2D eigenvalue weighted by Crippen LogP contribution is 2.16. The van der Waals surface area contributed by atoms with Crippen LogP contribution in [0.25, 0.3) is 0 Å². The molecule has 9 nitrogen and oxygen atoms in total. The van der Waals surface area contributed by atoms with E-state index in [1.165, 1.54) is 103 Å². The first-order valence-corrected chi connectivity index (χ1v) is 31.0. The number of allylic oxidation sites excluding steroid dienone is 18. The molecule has 2 unspecified atom stereocenters. The van der Waals surface area contributed by atoms with E-state index in [9.17, 15) is 19.5 Å². The van der Waals surface area contributed by atoms with E-state index in [2.05, 4.69) is 123 Å². The lowest BCUT2D eigenvalue weighted by atomic mass is 10.0. The summed E-state index contributed by atoms with van der Waals surface area (Å²) in [5.74, 6) is -2.29. The molecule has 0 aromatic rings. The molecular weight excluding hydrogens is 959 g/mol. The molecule has 0 rings (SSSR count). The first-order valence-electron chi connectivity index (χ1n) is 31.0. The zero-order valence-electron chi connectivity index (χ0n) is 50.0. The number of carboxylic acid groups (broad SMARTS) is 1. The summed E-state index contributed by atoms with van der Waals surface area (Å²) in [6, 6.07) is 0. The van der Waals surface area contributed by atoms with Gasteiger partial charge in [0, 0.05) is 12.8 Å². The minimum atomic E-state index is -1.63. The van der Waals surface area contributed by atoms with Crippen molar-refractivity contribution >= 4 is 17.9 Å². The Hall–Kier alpha value is -4.05. The average molecular weight is 1070 g/mol. The van der Waals surface area contributed by atoms with E-state index in [0.717, 1.165) is 109 Å². The number of esters is 2. The van der Waals surface area contributed by atoms with Gasteiger partial charge >= 0.3 is 11.9 Å². The maximum absolute atomic E-state index is 12.9. The van der Waals surface area contributed by atoms with Gasteiger partial charge in [-0.2, -0.15) is 0 Å². The topological polar surface area (TPSA) is 111 Å². The standard InChI is InChI=1S/C68H115NO8/c1-6-8-10-12-14-16-18-20-22-24-26-28-30-31-32-33-34-35-37-39-41-43-45-47-49-51-53-55-57-59-66(71)77-64(63-76-68(67(72)73)74-61-60-69(3,4)5)62-75-65(70)58-56-54-52-50-48-46-44-42-40-38-36-29-27-25-23-21-19-17-15-13-11-9-7-2/h8-11,14-17,20-23,26-29,31-32,64,68H,6-7,12-13,18-19,24-25,30,33-63H2,1-5H3/b10-8-,11-9-,16-14-,17-15-,22-20-,23-21-,28-26-,29-27-,32-31-. The molecule has 0 saturated heterocycles. The molecule has 440 valence electrons. The van der Waals surface area contributed by atoms with Crippen LogP contribution < -0.4 is 5.11 Å². The Balaban J connectivity index is 4.21. The zero-order valence-corrected chi connectivity index (χ0v) is 50.0. The minimum absolute atomic E-state index is 0.142. The molecule has 0 radical (unpaired) electrons. The summed E-state index contributed by atoms with van der Waals surface area (Å²) >= 11 is 0. The fourth-order valence-electron chi connectivity index (χ4n) is 8.32. The molecule has 0 fully saturated rings. The highest BCUT2D eigenvalue weighted by molar-refractivity contribution is 5.70. The molecular formula is C68H115NO8. The van der Waals surface area contributed by atoms with Crippen molar-refractivity contribution in [3.8, 4) is 0 Å². The summed E-state index contributed by atoms with van der Waals surface area (Å²) in [6.45, 7) is 4.52. The largest absolute Gasteiger partial charge is 0.545 e. The summed E-state index contributed by atoms with van der Waals surface area (Å²) < 4.78 is 22.7. The monoisotopic (exact) mass is 1070 g/mol. The van der Waals surface area contributed by atoms with E-state index in [4.69, 9.17) is 18.9 Å². The van der Waals surface area contributed by atoms with Crippen LogP contribution in [0.3, 0.4) is 0 Å². The average Bonchev–Trinajstić information content (AvgIpc) is 3.40. The lowest BCUT2D eigenvalue weighted by Gasteiger charge is -2.26. The van der Waals surface area contributed by atoms with Gasteiger partial charge in [-0.1, -0.05) is 245 Å². The Kier molecular flexibility index (Phi) is 55.1. The van der Waals surface area contributed by atoms with Gasteiger partial charge in [0.1, 0.15) is 13.2 Å². The SMILES string of the molecule is CC/C=C\C/C=C\C/C=C\C/C=C\C/C=C\CCCCCCCCCCCCCCCC(=O)OC(COC(=O)CCCCCCCCCCCC/C=C\C/C=C\C/C=C\C/C=C\CC)COC(OCC[N+](C)(C)C)C(=O)[O-]. The smallest absolute Gasteiger partial charge is 0.306 e. The normalized spacial score (nSPS) is 13.5. The van der Waals surface area contributed by atoms with Gasteiger partial charge in [0.05, 0.1) is 40.3 Å². The predicted octanol–water partition coefficient (Wildman–Crippen LogP) is 17.3. The van der Waals surface area contributed by atoms with Gasteiger partial charge in [-0.3, -0.25) is 9.59 Å². The summed E-state index contributed by atoms with van der Waals surface area (Å²) in [4.78, 5) is 37.4. The number of carbonyl (C=O) groups is 3. The quantitative estimate of drug-likeness (QED) is 0.0195. The molecule has 0 spiro atoms. The molecule has 9 heteroatoms. The van der Waals surface area contributed by atoms with Gasteiger partial charge in [-0.15, -0.1) is 0 Å². The first kappa shape index (κ1) is 73.0. The van der Waals surface area contributed by atoms with Crippen molar-refractivity contribution in [2.45, 2.75) is 257 Å². The van der Waals surface area contributed by atoms with Crippen LogP contribution in [0.15, 0.2) is 109 Å². The lowest BCUT2D eigenvalue weighted by Crippen LogP contribution is -2.44. The van der Waals surface area contributed by atoms with Crippen molar-refractivity contribution in [2.24, 2.45) is 0 Å². The second-order valence-corrected chi connectivity index (χ2v) is 21.6. The lowest BCUT2D eigenvalue weighted by molar-refractivity contribution is -0.870. The van der Waals surface area contributed by atoms with Gasteiger partial charge in [0.2, 0.25) is 0 Å². The fourth-order valence-corrected chi connectivity index (χ4v) is 8.32. The first-order chi connectivity index (χ1) is 37.6. The van der Waals surface area contributed by atoms with Crippen molar-refractivity contribution < 1.29 is 42.9 Å². The maximum atomic E-state index is 12.9. The molecule has 0 aliphatic heterocycles. The fraction of sp³-hybridized carbons (Fsp3) is 0.691. The van der Waals surface area contributed by atoms with Crippen molar-refractivity contribution in [3.05, 3.63) is 109 Å². The van der Waals surface area contributed by atoms with Crippen LogP contribution in [0.5, 0.6) is 0 Å². The molecule has 0 N–H and O–H groups in total. The zero-order chi connectivity index (χ0) is 56.2. The number of hydrogen-bond acceptors (Lipinski definition) is 8. The van der Waals surface area contributed by atoms with E-state index < -0.39 is 24.3 Å². The molecule has 0 aromatic carbocycles. The Morgan fingerprint density at radius 1 is 0.390 bits per heavy atom. The van der Waals surface area contributed by atoms with E-state index in [1.807, 2.05) is 21.1 Å². The van der Waals surface area contributed by atoms with Crippen molar-refractivity contribution in [3.63, 3.8) is 0 Å². The van der Waals surface area contributed by atoms with E-state index in [0.29, 0.717) is 17.4 Å². The van der Waals surface area contributed by atoms with Gasteiger partial charge in [0.15, 0.2) is 12.4 Å². The molecule has 0 amide bonds. The van der Waals surface area contributed by atoms with Gasteiger partial charge < -0.3 is 33.3 Å². The van der Waals surface area contributed by atoms with Crippen LogP contribution in [0, 0.1) is 0 Å². The van der Waals surface area contributed by atoms with Gasteiger partial charge in [-0.25, -0.2) is 0 Å². The summed E-state index contributed by atoms with van der Waals surface area (Å²) in [7, 11) is 5.92. The Labute approximate surface area is 473 Å².